The zero-order valence-electron chi connectivity index (χ0n) is 15.2. The predicted octanol–water partition coefficient (Wildman–Crippen LogP) is 1.70. The van der Waals surface area contributed by atoms with Crippen LogP contribution in [-0.4, -0.2) is 48.3 Å². The summed E-state index contributed by atoms with van der Waals surface area (Å²) < 4.78 is 13.1. The van der Waals surface area contributed by atoms with Crippen molar-refractivity contribution in [3.8, 4) is 0 Å². The Balaban J connectivity index is 1.31. The smallest absolute Gasteiger partial charge is 0.228 e. The Morgan fingerprint density at radius 3 is 2.30 bits per heavy atom. The Bertz CT molecular complexity index is 739. The molecular weight excluding hydrogens is 349 g/mol. The first-order valence-corrected chi connectivity index (χ1v) is 9.66. The van der Waals surface area contributed by atoms with E-state index in [0.29, 0.717) is 44.2 Å². The van der Waals surface area contributed by atoms with Gasteiger partial charge in [-0.3, -0.25) is 14.4 Å². The van der Waals surface area contributed by atoms with Crippen molar-refractivity contribution in [2.45, 2.75) is 38.1 Å². The zero-order valence-corrected chi connectivity index (χ0v) is 15.2. The average Bonchev–Trinajstić information content (AvgIpc) is 3.41. The third-order valence-electron chi connectivity index (χ3n) is 5.71. The predicted molar refractivity (Wildman–Crippen MR) is 97.3 cm³/mol. The van der Waals surface area contributed by atoms with Gasteiger partial charge in [-0.25, -0.2) is 4.39 Å². The van der Waals surface area contributed by atoms with Crippen molar-refractivity contribution in [2.75, 3.05) is 24.5 Å². The molecule has 0 aromatic heterocycles. The molecule has 1 aromatic rings. The van der Waals surface area contributed by atoms with Gasteiger partial charge in [-0.05, 0) is 49.9 Å². The van der Waals surface area contributed by atoms with Gasteiger partial charge in [0.15, 0.2) is 0 Å². The molecule has 0 spiro atoms. The molecule has 3 fully saturated rings. The summed E-state index contributed by atoms with van der Waals surface area (Å²) in [5.74, 6) is -0.766. The fourth-order valence-electron chi connectivity index (χ4n) is 3.91. The topological polar surface area (TPSA) is 69.7 Å². The largest absolute Gasteiger partial charge is 0.353 e. The molecule has 1 N–H and O–H groups in total. The molecule has 1 aromatic carbocycles. The number of amides is 3. The molecule has 0 unspecified atom stereocenters. The van der Waals surface area contributed by atoms with E-state index in [-0.39, 0.29) is 41.8 Å². The fraction of sp³-hybridized carbons (Fsp3) is 0.550. The van der Waals surface area contributed by atoms with Gasteiger partial charge >= 0.3 is 0 Å². The highest BCUT2D eigenvalue weighted by Gasteiger charge is 2.39. The molecule has 6 nitrogen and oxygen atoms in total. The summed E-state index contributed by atoms with van der Waals surface area (Å²) in [7, 11) is 0. The van der Waals surface area contributed by atoms with E-state index in [9.17, 15) is 18.8 Å². The van der Waals surface area contributed by atoms with Gasteiger partial charge in [-0.2, -0.15) is 0 Å². The standard InChI is InChI=1S/C20H24FN3O3/c21-15-1-5-17(6-2-15)24-12-14(11-18(24)25)20(27)23-9-7-13(8-10-23)19(26)22-16-3-4-16/h1-2,5-6,13-14,16H,3-4,7-12H2,(H,22,26)/t14-/m1/s1. The van der Waals surface area contributed by atoms with Crippen LogP contribution in [0.5, 0.6) is 0 Å². The molecule has 1 atom stereocenters. The van der Waals surface area contributed by atoms with Gasteiger partial charge in [0.05, 0.1) is 5.92 Å². The Hall–Kier alpha value is -2.44. The second-order valence-corrected chi connectivity index (χ2v) is 7.76. The number of nitrogens with zero attached hydrogens (tertiary/aromatic N) is 2. The summed E-state index contributed by atoms with van der Waals surface area (Å²) in [6.45, 7) is 1.44. The van der Waals surface area contributed by atoms with Crippen molar-refractivity contribution in [1.29, 1.82) is 0 Å². The van der Waals surface area contributed by atoms with Crippen LogP contribution < -0.4 is 10.2 Å². The van der Waals surface area contributed by atoms with Crippen molar-refractivity contribution < 1.29 is 18.8 Å². The average molecular weight is 373 g/mol. The van der Waals surface area contributed by atoms with Gasteiger partial charge in [0, 0.05) is 43.7 Å². The van der Waals surface area contributed by atoms with E-state index >= 15 is 0 Å². The second kappa shape index (κ2) is 7.29. The molecule has 1 aliphatic carbocycles. The second-order valence-electron chi connectivity index (χ2n) is 7.76. The Labute approximate surface area is 157 Å². The minimum atomic E-state index is -0.376. The lowest BCUT2D eigenvalue weighted by Crippen LogP contribution is -2.45. The highest BCUT2D eigenvalue weighted by Crippen LogP contribution is 2.28. The van der Waals surface area contributed by atoms with Gasteiger partial charge in [0.1, 0.15) is 5.82 Å². The number of carbonyl (C=O) groups excluding carboxylic acids is 3. The number of piperidine rings is 1. The van der Waals surface area contributed by atoms with E-state index in [2.05, 4.69) is 5.32 Å². The lowest BCUT2D eigenvalue weighted by molar-refractivity contribution is -0.139. The van der Waals surface area contributed by atoms with Crippen LogP contribution in [0.3, 0.4) is 0 Å². The summed E-state index contributed by atoms with van der Waals surface area (Å²) in [5, 5.41) is 3.04. The molecule has 2 aliphatic heterocycles. The Morgan fingerprint density at radius 1 is 1.00 bits per heavy atom. The van der Waals surface area contributed by atoms with E-state index in [0.717, 1.165) is 12.8 Å². The van der Waals surface area contributed by atoms with E-state index < -0.39 is 0 Å². The van der Waals surface area contributed by atoms with Crippen LogP contribution in [0, 0.1) is 17.7 Å². The SMILES string of the molecule is O=C(NC1CC1)C1CCN(C(=O)[C@@H]2CC(=O)N(c3ccc(F)cc3)C2)CC1. The molecule has 2 heterocycles. The summed E-state index contributed by atoms with van der Waals surface area (Å²) in [6.07, 6.45) is 3.67. The summed E-state index contributed by atoms with van der Waals surface area (Å²) in [4.78, 5) is 40.6. The molecular formula is C20H24FN3O3. The molecule has 7 heteroatoms. The monoisotopic (exact) mass is 373 g/mol. The highest BCUT2D eigenvalue weighted by molar-refractivity contribution is 6.00. The van der Waals surface area contributed by atoms with Crippen molar-refractivity contribution >= 4 is 23.4 Å². The Kier molecular flexibility index (Phi) is 4.85. The minimum Gasteiger partial charge on any atom is -0.353 e. The number of hydrogen-bond donors (Lipinski definition) is 1. The third-order valence-corrected chi connectivity index (χ3v) is 5.71. The lowest BCUT2D eigenvalue weighted by atomic mass is 9.94. The lowest BCUT2D eigenvalue weighted by Gasteiger charge is -2.33. The minimum absolute atomic E-state index is 0.0180. The molecule has 27 heavy (non-hydrogen) atoms. The first-order chi connectivity index (χ1) is 13.0. The molecule has 1 saturated carbocycles. The number of benzene rings is 1. The van der Waals surface area contributed by atoms with Gasteiger partial charge < -0.3 is 15.1 Å². The number of nitrogens with one attached hydrogen (secondary N) is 1. The molecule has 4 rings (SSSR count). The van der Waals surface area contributed by atoms with Crippen LogP contribution in [0.4, 0.5) is 10.1 Å². The summed E-state index contributed by atoms with van der Waals surface area (Å²) >= 11 is 0. The maximum Gasteiger partial charge on any atom is 0.228 e. The molecule has 3 aliphatic rings. The van der Waals surface area contributed by atoms with Crippen LogP contribution in [0.1, 0.15) is 32.1 Å². The first-order valence-electron chi connectivity index (χ1n) is 9.66. The number of halogens is 1. The number of hydrogen-bond acceptors (Lipinski definition) is 3. The van der Waals surface area contributed by atoms with Gasteiger partial charge in [-0.15, -0.1) is 0 Å². The van der Waals surface area contributed by atoms with Gasteiger partial charge in [0.25, 0.3) is 0 Å². The number of carbonyl (C=O) groups is 3. The van der Waals surface area contributed by atoms with Crippen molar-refractivity contribution in [2.24, 2.45) is 11.8 Å². The van der Waals surface area contributed by atoms with Crippen LogP contribution in [0.2, 0.25) is 0 Å². The first kappa shape index (κ1) is 17.9. The quantitative estimate of drug-likeness (QED) is 0.873. The Morgan fingerprint density at radius 2 is 1.67 bits per heavy atom. The fourth-order valence-corrected chi connectivity index (χ4v) is 3.91. The number of anilines is 1. The molecule has 144 valence electrons. The number of likely N-dealkylation sites (tertiary alicyclic amines) is 1. The van der Waals surface area contributed by atoms with Crippen LogP contribution in [0.15, 0.2) is 24.3 Å². The van der Waals surface area contributed by atoms with Gasteiger partial charge in [-0.1, -0.05) is 0 Å². The molecule has 0 bridgehead atoms. The van der Waals surface area contributed by atoms with E-state index in [1.165, 1.54) is 12.1 Å². The normalized spacial score (nSPS) is 23.6. The molecule has 2 saturated heterocycles. The summed E-state index contributed by atoms with van der Waals surface area (Å²) in [5.41, 5.74) is 0.618. The van der Waals surface area contributed by atoms with Crippen molar-refractivity contribution in [1.82, 2.24) is 10.2 Å². The number of rotatable bonds is 4. The van der Waals surface area contributed by atoms with Crippen LogP contribution in [0.25, 0.3) is 0 Å². The van der Waals surface area contributed by atoms with Crippen molar-refractivity contribution in [3.05, 3.63) is 30.1 Å². The molecule has 0 radical (unpaired) electrons. The van der Waals surface area contributed by atoms with E-state index in [1.54, 1.807) is 21.9 Å². The highest BCUT2D eigenvalue weighted by atomic mass is 19.1. The van der Waals surface area contributed by atoms with Crippen LogP contribution in [-0.2, 0) is 14.4 Å². The van der Waals surface area contributed by atoms with Crippen LogP contribution >= 0.6 is 0 Å². The molecule has 3 amide bonds. The van der Waals surface area contributed by atoms with Gasteiger partial charge in [0.2, 0.25) is 17.7 Å². The van der Waals surface area contributed by atoms with Crippen molar-refractivity contribution in [3.63, 3.8) is 0 Å². The maximum atomic E-state index is 13.1. The third kappa shape index (κ3) is 3.96. The maximum absolute atomic E-state index is 13.1. The van der Waals surface area contributed by atoms with E-state index in [4.69, 9.17) is 0 Å². The van der Waals surface area contributed by atoms with E-state index in [1.807, 2.05) is 0 Å². The summed E-state index contributed by atoms with van der Waals surface area (Å²) in [6, 6.07) is 6.11. The zero-order chi connectivity index (χ0) is 19.0.